The molecular formula is C20H20N3O4S-. The van der Waals surface area contributed by atoms with Crippen LogP contribution in [0.2, 0.25) is 0 Å². The predicted octanol–water partition coefficient (Wildman–Crippen LogP) is 1.83. The normalized spacial score (nSPS) is 11.6. The highest BCUT2D eigenvalue weighted by Gasteiger charge is 2.12. The van der Waals surface area contributed by atoms with Gasteiger partial charge in [-0.15, -0.1) is 11.3 Å². The summed E-state index contributed by atoms with van der Waals surface area (Å²) in [7, 11) is 1.38. The summed E-state index contributed by atoms with van der Waals surface area (Å²) in [6.45, 7) is 4.24. The molecule has 0 atom stereocenters. The molecule has 0 saturated heterocycles. The zero-order valence-corrected chi connectivity index (χ0v) is 16.7. The van der Waals surface area contributed by atoms with E-state index < -0.39 is 11.5 Å². The molecule has 0 aromatic carbocycles. The highest BCUT2D eigenvalue weighted by atomic mass is 32.1. The van der Waals surface area contributed by atoms with Gasteiger partial charge >= 0.3 is 0 Å². The van der Waals surface area contributed by atoms with Gasteiger partial charge in [0.25, 0.3) is 5.56 Å². The summed E-state index contributed by atoms with van der Waals surface area (Å²) < 4.78 is 6.53. The molecule has 3 aromatic heterocycles. The molecule has 0 bridgehead atoms. The summed E-state index contributed by atoms with van der Waals surface area (Å²) in [5.41, 5.74) is 2.21. The van der Waals surface area contributed by atoms with Crippen molar-refractivity contribution in [2.24, 2.45) is 0 Å². The maximum atomic E-state index is 12.6. The van der Waals surface area contributed by atoms with Crippen molar-refractivity contribution in [3.63, 3.8) is 0 Å². The highest BCUT2D eigenvalue weighted by Crippen LogP contribution is 2.20. The predicted molar refractivity (Wildman–Crippen MR) is 106 cm³/mol. The number of ether oxygens (including phenoxy) is 1. The van der Waals surface area contributed by atoms with Gasteiger partial charge in [0.05, 0.1) is 23.8 Å². The number of hydrogen-bond donors (Lipinski definition) is 0. The first-order valence-corrected chi connectivity index (χ1v) is 9.69. The maximum absolute atomic E-state index is 12.6. The van der Waals surface area contributed by atoms with Gasteiger partial charge in [-0.1, -0.05) is 13.8 Å². The van der Waals surface area contributed by atoms with E-state index in [0.717, 1.165) is 41.3 Å². The molecule has 0 amide bonds. The Balaban J connectivity index is 1.89. The second kappa shape index (κ2) is 8.35. The fourth-order valence-corrected chi connectivity index (χ4v) is 3.69. The molecule has 0 unspecified atom stereocenters. The summed E-state index contributed by atoms with van der Waals surface area (Å²) in [6.07, 6.45) is 5.13. The number of fused-ring (bicyclic) bond motifs is 1. The Morgan fingerprint density at radius 2 is 2.14 bits per heavy atom. The van der Waals surface area contributed by atoms with Crippen LogP contribution in [-0.4, -0.2) is 27.4 Å². The molecule has 3 aromatic rings. The largest absolute Gasteiger partial charge is 0.545 e. The number of carbonyl (C=O) groups excluding carboxylic acids is 1. The van der Waals surface area contributed by atoms with Gasteiger partial charge in [0.15, 0.2) is 0 Å². The Labute approximate surface area is 166 Å². The molecule has 0 radical (unpaired) electrons. The number of rotatable bonds is 7. The van der Waals surface area contributed by atoms with Gasteiger partial charge in [-0.2, -0.15) is 4.98 Å². The van der Waals surface area contributed by atoms with Crippen LogP contribution in [0.4, 0.5) is 0 Å². The third kappa shape index (κ3) is 4.28. The number of methoxy groups -OCH3 is 1. The van der Waals surface area contributed by atoms with E-state index >= 15 is 0 Å². The minimum atomic E-state index is -1.40. The van der Waals surface area contributed by atoms with E-state index in [1.807, 2.05) is 12.1 Å². The Morgan fingerprint density at radius 1 is 1.36 bits per heavy atom. The van der Waals surface area contributed by atoms with E-state index in [4.69, 9.17) is 4.74 Å². The molecule has 3 rings (SSSR count). The molecule has 3 heterocycles. The zero-order chi connectivity index (χ0) is 20.3. The van der Waals surface area contributed by atoms with Gasteiger partial charge in [0.1, 0.15) is 11.2 Å². The van der Waals surface area contributed by atoms with Crippen LogP contribution >= 0.6 is 11.3 Å². The number of thiazole rings is 1. The fraction of sp³-hybridized carbons (Fsp3) is 0.300. The van der Waals surface area contributed by atoms with Crippen LogP contribution < -0.4 is 15.4 Å². The first kappa shape index (κ1) is 19.8. The Hall–Kier alpha value is -3.00. The van der Waals surface area contributed by atoms with Gasteiger partial charge in [0, 0.05) is 18.0 Å². The number of aliphatic carboxylic acids is 1. The fourth-order valence-electron chi connectivity index (χ4n) is 2.73. The Bertz CT molecular complexity index is 1100. The first-order valence-electron chi connectivity index (χ1n) is 8.81. The standard InChI is InChI=1S/C20H21N3O4S/c1-12(2)15-11-28-17(21-15)6-4-13-8-9-23-16(10-13)22-19(27-3)14(20(23)26)5-7-18(24)25/h5,7-12H,4,6H2,1-3H3,(H,24,25)/p-1/b7-5+. The average Bonchev–Trinajstić information content (AvgIpc) is 3.14. The van der Waals surface area contributed by atoms with E-state index in [0.29, 0.717) is 11.6 Å². The lowest BCUT2D eigenvalue weighted by Gasteiger charge is -2.09. The van der Waals surface area contributed by atoms with Crippen molar-refractivity contribution >= 4 is 29.0 Å². The average molecular weight is 398 g/mol. The number of carboxylic acids is 1. The van der Waals surface area contributed by atoms with Crippen molar-refractivity contribution in [2.75, 3.05) is 7.11 Å². The first-order chi connectivity index (χ1) is 13.4. The van der Waals surface area contributed by atoms with Gasteiger partial charge in [-0.05, 0) is 42.2 Å². The third-order valence-electron chi connectivity index (χ3n) is 4.26. The van der Waals surface area contributed by atoms with Crippen LogP contribution in [0.3, 0.4) is 0 Å². The van der Waals surface area contributed by atoms with Gasteiger partial charge in [-0.25, -0.2) is 4.98 Å². The molecule has 0 aliphatic heterocycles. The molecule has 0 aliphatic carbocycles. The van der Waals surface area contributed by atoms with Crippen LogP contribution in [0.25, 0.3) is 11.7 Å². The summed E-state index contributed by atoms with van der Waals surface area (Å²) in [6, 6.07) is 3.68. The molecule has 0 aliphatic rings. The van der Waals surface area contributed by atoms with E-state index in [9.17, 15) is 14.7 Å². The van der Waals surface area contributed by atoms with Crippen molar-refractivity contribution in [3.8, 4) is 5.88 Å². The molecular weight excluding hydrogens is 378 g/mol. The zero-order valence-electron chi connectivity index (χ0n) is 15.8. The number of pyridine rings is 1. The lowest BCUT2D eigenvalue weighted by atomic mass is 10.1. The van der Waals surface area contributed by atoms with E-state index in [2.05, 4.69) is 29.2 Å². The SMILES string of the molecule is COc1nc2cc(CCc3nc(C(C)C)cs3)ccn2c(=O)c1/C=C/C(=O)[O-]. The quantitative estimate of drug-likeness (QED) is 0.564. The van der Waals surface area contributed by atoms with Crippen molar-refractivity contribution in [3.05, 3.63) is 62.0 Å². The number of aryl methyl sites for hydroxylation is 2. The minimum Gasteiger partial charge on any atom is -0.545 e. The van der Waals surface area contributed by atoms with Crippen molar-refractivity contribution in [2.45, 2.75) is 32.6 Å². The molecule has 7 nitrogen and oxygen atoms in total. The van der Waals surface area contributed by atoms with Crippen LogP contribution in [0.1, 0.15) is 41.6 Å². The lowest BCUT2D eigenvalue weighted by molar-refractivity contribution is -0.297. The molecule has 8 heteroatoms. The van der Waals surface area contributed by atoms with Crippen LogP contribution in [0.5, 0.6) is 5.88 Å². The van der Waals surface area contributed by atoms with Gasteiger partial charge in [0.2, 0.25) is 5.88 Å². The third-order valence-corrected chi connectivity index (χ3v) is 5.19. The molecule has 146 valence electrons. The second-order valence-electron chi connectivity index (χ2n) is 6.58. The molecule has 28 heavy (non-hydrogen) atoms. The number of aromatic nitrogens is 3. The van der Waals surface area contributed by atoms with Crippen LogP contribution in [0, 0.1) is 0 Å². The molecule has 0 saturated carbocycles. The van der Waals surface area contributed by atoms with Gasteiger partial charge < -0.3 is 14.6 Å². The summed E-state index contributed by atoms with van der Waals surface area (Å²) in [5, 5.41) is 13.8. The number of nitrogens with zero attached hydrogens (tertiary/aromatic N) is 3. The minimum absolute atomic E-state index is 0.0564. The maximum Gasteiger partial charge on any atom is 0.269 e. The number of carboxylic acid groups (broad SMARTS) is 1. The second-order valence-corrected chi connectivity index (χ2v) is 7.52. The van der Waals surface area contributed by atoms with E-state index in [-0.39, 0.29) is 11.4 Å². The number of carbonyl (C=O) groups is 1. The smallest absolute Gasteiger partial charge is 0.269 e. The topological polar surface area (TPSA) is 96.6 Å². The monoisotopic (exact) mass is 398 g/mol. The van der Waals surface area contributed by atoms with Crippen molar-refractivity contribution in [1.29, 1.82) is 0 Å². The molecule has 0 N–H and O–H groups in total. The summed E-state index contributed by atoms with van der Waals surface area (Å²) in [5.74, 6) is -0.916. The molecule has 0 spiro atoms. The number of hydrogen-bond acceptors (Lipinski definition) is 7. The van der Waals surface area contributed by atoms with Crippen LogP contribution in [0.15, 0.2) is 34.6 Å². The van der Waals surface area contributed by atoms with Crippen molar-refractivity contribution in [1.82, 2.24) is 14.4 Å². The Morgan fingerprint density at radius 3 is 2.79 bits per heavy atom. The van der Waals surface area contributed by atoms with Crippen molar-refractivity contribution < 1.29 is 14.6 Å². The lowest BCUT2D eigenvalue weighted by Crippen LogP contribution is -2.21. The van der Waals surface area contributed by atoms with E-state index in [1.54, 1.807) is 17.5 Å². The summed E-state index contributed by atoms with van der Waals surface area (Å²) in [4.78, 5) is 32.3. The Kier molecular flexibility index (Phi) is 5.89. The summed E-state index contributed by atoms with van der Waals surface area (Å²) >= 11 is 1.66. The van der Waals surface area contributed by atoms with Gasteiger partial charge in [-0.3, -0.25) is 9.20 Å². The van der Waals surface area contributed by atoms with Crippen LogP contribution in [-0.2, 0) is 17.6 Å². The molecule has 0 fully saturated rings. The highest BCUT2D eigenvalue weighted by molar-refractivity contribution is 7.09. The van der Waals surface area contributed by atoms with E-state index in [1.165, 1.54) is 11.5 Å².